The number of carbonyl (C=O) groups is 1. The molecule has 1 aliphatic rings. The van der Waals surface area contributed by atoms with Crippen molar-refractivity contribution in [1.82, 2.24) is 9.62 Å². The topological polar surface area (TPSA) is 69.7 Å². The summed E-state index contributed by atoms with van der Waals surface area (Å²) in [6.45, 7) is 10.1. The summed E-state index contributed by atoms with van der Waals surface area (Å²) >= 11 is 1.17. The van der Waals surface area contributed by atoms with Crippen LogP contribution in [0.5, 0.6) is 0 Å². The number of sulfonamides is 1. The zero-order valence-corrected chi connectivity index (χ0v) is 19.1. The molecular weight excluding hydrogens is 406 g/mol. The lowest BCUT2D eigenvalue weighted by molar-refractivity contribution is 0.0940. The van der Waals surface area contributed by atoms with Gasteiger partial charge in [-0.1, -0.05) is 19.1 Å². The van der Waals surface area contributed by atoms with Crippen LogP contribution in [0.4, 0.5) is 5.69 Å². The first-order chi connectivity index (χ1) is 13.7. The number of amides is 1. The largest absolute Gasteiger partial charge is 0.369 e. The van der Waals surface area contributed by atoms with Crippen molar-refractivity contribution in [2.75, 3.05) is 31.1 Å². The zero-order chi connectivity index (χ0) is 21.2. The van der Waals surface area contributed by atoms with Gasteiger partial charge in [0.1, 0.15) is 9.77 Å². The summed E-state index contributed by atoms with van der Waals surface area (Å²) in [4.78, 5) is 15.2. The van der Waals surface area contributed by atoms with Gasteiger partial charge >= 0.3 is 0 Å². The number of anilines is 1. The Hall–Kier alpha value is -1.90. The van der Waals surface area contributed by atoms with Gasteiger partial charge in [-0.3, -0.25) is 4.79 Å². The van der Waals surface area contributed by atoms with Crippen molar-refractivity contribution < 1.29 is 13.2 Å². The Bertz CT molecular complexity index is 977. The molecule has 2 heterocycles. The Morgan fingerprint density at radius 2 is 1.86 bits per heavy atom. The highest BCUT2D eigenvalue weighted by molar-refractivity contribution is 7.89. The molecule has 0 aliphatic carbocycles. The molecule has 0 spiro atoms. The molecule has 0 bridgehead atoms. The number of rotatable bonds is 6. The Morgan fingerprint density at radius 1 is 1.17 bits per heavy atom. The van der Waals surface area contributed by atoms with E-state index in [1.54, 1.807) is 11.4 Å². The highest BCUT2D eigenvalue weighted by Crippen LogP contribution is 2.28. The molecule has 3 rings (SSSR count). The Labute approximate surface area is 177 Å². The van der Waals surface area contributed by atoms with E-state index in [4.69, 9.17) is 0 Å². The molecule has 0 radical (unpaired) electrons. The van der Waals surface area contributed by atoms with E-state index in [0.717, 1.165) is 12.1 Å². The predicted molar refractivity (Wildman–Crippen MR) is 118 cm³/mol. The highest BCUT2D eigenvalue weighted by atomic mass is 32.2. The number of nitrogens with one attached hydrogen (secondary N) is 1. The molecule has 1 aliphatic heterocycles. The average molecular weight is 436 g/mol. The van der Waals surface area contributed by atoms with Crippen LogP contribution >= 0.6 is 11.3 Å². The summed E-state index contributed by atoms with van der Waals surface area (Å²) in [5.74, 6) is -0.318. The smallest absolute Gasteiger partial charge is 0.262 e. The van der Waals surface area contributed by atoms with E-state index >= 15 is 0 Å². The number of benzene rings is 1. The van der Waals surface area contributed by atoms with Crippen molar-refractivity contribution in [3.63, 3.8) is 0 Å². The second kappa shape index (κ2) is 8.85. The number of hydrogen-bond donors (Lipinski definition) is 1. The van der Waals surface area contributed by atoms with Crippen molar-refractivity contribution in [1.29, 1.82) is 0 Å². The van der Waals surface area contributed by atoms with Gasteiger partial charge in [0.25, 0.3) is 5.91 Å². The molecule has 1 unspecified atom stereocenters. The van der Waals surface area contributed by atoms with Crippen LogP contribution in [0.15, 0.2) is 34.5 Å². The van der Waals surface area contributed by atoms with Gasteiger partial charge < -0.3 is 10.2 Å². The first kappa shape index (κ1) is 21.8. The van der Waals surface area contributed by atoms with Crippen LogP contribution in [0.2, 0.25) is 0 Å². The Balaban J connectivity index is 1.75. The third-order valence-corrected chi connectivity index (χ3v) is 8.37. The van der Waals surface area contributed by atoms with E-state index in [0.29, 0.717) is 26.2 Å². The molecule has 8 heteroatoms. The summed E-state index contributed by atoms with van der Waals surface area (Å²) in [6, 6.07) is 7.88. The standard InChI is InChI=1S/C21H29N3O3S2/c1-5-17(4)22-21(25)20-19(8-13-28-20)29(26,27)24-11-9-23(10-12-24)18-14-15(2)6-7-16(18)3/h6-8,13-14,17H,5,9-12H2,1-4H3,(H,22,25). The maximum atomic E-state index is 13.2. The lowest BCUT2D eigenvalue weighted by Crippen LogP contribution is -2.49. The monoisotopic (exact) mass is 435 g/mol. The predicted octanol–water partition coefficient (Wildman–Crippen LogP) is 3.40. The van der Waals surface area contributed by atoms with E-state index in [2.05, 4.69) is 42.3 Å². The molecule has 1 saturated heterocycles. The fourth-order valence-corrected chi connectivity index (χ4v) is 6.15. The molecule has 1 aromatic carbocycles. The van der Waals surface area contributed by atoms with Crippen LogP contribution in [0, 0.1) is 13.8 Å². The summed E-state index contributed by atoms with van der Waals surface area (Å²) in [7, 11) is -3.70. The second-order valence-electron chi connectivity index (χ2n) is 7.58. The maximum absolute atomic E-state index is 13.2. The number of hydrogen-bond acceptors (Lipinski definition) is 5. The van der Waals surface area contributed by atoms with Crippen molar-refractivity contribution in [3.8, 4) is 0 Å². The van der Waals surface area contributed by atoms with Gasteiger partial charge in [-0.25, -0.2) is 8.42 Å². The molecule has 1 fully saturated rings. The van der Waals surface area contributed by atoms with Gasteiger partial charge in [-0.05, 0) is 55.8 Å². The normalized spacial score (nSPS) is 16.6. The minimum absolute atomic E-state index is 0.00117. The van der Waals surface area contributed by atoms with Crippen molar-refractivity contribution in [2.45, 2.75) is 45.1 Å². The van der Waals surface area contributed by atoms with E-state index in [1.165, 1.54) is 26.8 Å². The van der Waals surface area contributed by atoms with Crippen LogP contribution < -0.4 is 10.2 Å². The van der Waals surface area contributed by atoms with E-state index in [1.807, 2.05) is 13.8 Å². The number of thiophene rings is 1. The van der Waals surface area contributed by atoms with Crippen molar-refractivity contribution >= 4 is 33.0 Å². The van der Waals surface area contributed by atoms with Gasteiger partial charge in [0.15, 0.2) is 0 Å². The van der Waals surface area contributed by atoms with Crippen LogP contribution in [0.1, 0.15) is 41.1 Å². The molecule has 1 N–H and O–H groups in total. The number of nitrogens with zero attached hydrogens (tertiary/aromatic N) is 2. The lowest BCUT2D eigenvalue weighted by Gasteiger charge is -2.36. The summed E-state index contributed by atoms with van der Waals surface area (Å²) in [5, 5.41) is 4.54. The van der Waals surface area contributed by atoms with Gasteiger partial charge in [0.2, 0.25) is 10.0 Å². The van der Waals surface area contributed by atoms with Crippen molar-refractivity contribution in [3.05, 3.63) is 45.6 Å². The molecule has 1 atom stereocenters. The Kier molecular flexibility index (Phi) is 6.65. The third-order valence-electron chi connectivity index (χ3n) is 5.39. The second-order valence-corrected chi connectivity index (χ2v) is 10.4. The van der Waals surface area contributed by atoms with Gasteiger partial charge in [0.05, 0.1) is 0 Å². The SMILES string of the molecule is CCC(C)NC(=O)c1sccc1S(=O)(=O)N1CCN(c2cc(C)ccc2C)CC1. The first-order valence-electron chi connectivity index (χ1n) is 9.94. The summed E-state index contributed by atoms with van der Waals surface area (Å²) < 4.78 is 28.0. The highest BCUT2D eigenvalue weighted by Gasteiger charge is 2.33. The minimum Gasteiger partial charge on any atom is -0.369 e. The van der Waals surface area contributed by atoms with Crippen LogP contribution in [0.3, 0.4) is 0 Å². The number of piperazine rings is 1. The van der Waals surface area contributed by atoms with Crippen LogP contribution in [-0.2, 0) is 10.0 Å². The van der Waals surface area contributed by atoms with Crippen molar-refractivity contribution in [2.24, 2.45) is 0 Å². The molecule has 158 valence electrons. The van der Waals surface area contributed by atoms with E-state index in [-0.39, 0.29) is 21.7 Å². The maximum Gasteiger partial charge on any atom is 0.262 e. The van der Waals surface area contributed by atoms with Gasteiger partial charge in [-0.2, -0.15) is 4.31 Å². The van der Waals surface area contributed by atoms with Crippen LogP contribution in [0.25, 0.3) is 0 Å². The number of carbonyl (C=O) groups excluding carboxylic acids is 1. The number of aryl methyl sites for hydroxylation is 2. The Morgan fingerprint density at radius 3 is 2.52 bits per heavy atom. The molecule has 1 aromatic heterocycles. The fraction of sp³-hybridized carbons (Fsp3) is 0.476. The van der Waals surface area contributed by atoms with Crippen LogP contribution in [-0.4, -0.2) is 50.9 Å². The minimum atomic E-state index is -3.70. The molecule has 2 aromatic rings. The molecule has 1 amide bonds. The molecular formula is C21H29N3O3S2. The zero-order valence-electron chi connectivity index (χ0n) is 17.4. The first-order valence-corrected chi connectivity index (χ1v) is 12.3. The lowest BCUT2D eigenvalue weighted by atomic mass is 10.1. The van der Waals surface area contributed by atoms with Gasteiger partial charge in [0, 0.05) is 37.9 Å². The average Bonchev–Trinajstić information content (AvgIpc) is 3.21. The summed E-state index contributed by atoms with van der Waals surface area (Å²) in [5.41, 5.74) is 3.54. The quantitative estimate of drug-likeness (QED) is 0.755. The van der Waals surface area contributed by atoms with E-state index in [9.17, 15) is 13.2 Å². The van der Waals surface area contributed by atoms with Gasteiger partial charge in [-0.15, -0.1) is 11.3 Å². The van der Waals surface area contributed by atoms with E-state index < -0.39 is 10.0 Å². The fourth-order valence-electron chi connectivity index (χ4n) is 3.43. The molecule has 29 heavy (non-hydrogen) atoms. The summed E-state index contributed by atoms with van der Waals surface area (Å²) in [6.07, 6.45) is 0.791. The molecule has 0 saturated carbocycles. The molecule has 6 nitrogen and oxygen atoms in total. The third kappa shape index (κ3) is 4.65.